The maximum atomic E-state index is 13.7. The summed E-state index contributed by atoms with van der Waals surface area (Å²) in [6, 6.07) is 12.0. The van der Waals surface area contributed by atoms with Crippen molar-refractivity contribution in [2.75, 3.05) is 0 Å². The molecule has 0 radical (unpaired) electrons. The largest absolute Gasteiger partial charge is 0.417 e. The molecule has 0 amide bonds. The summed E-state index contributed by atoms with van der Waals surface area (Å²) in [7, 11) is -2.11. The van der Waals surface area contributed by atoms with Gasteiger partial charge in [-0.15, -0.1) is 0 Å². The van der Waals surface area contributed by atoms with Crippen LogP contribution in [0.5, 0.6) is 0 Å². The fourth-order valence-electron chi connectivity index (χ4n) is 3.59. The topological polar surface area (TPSA) is 28.7 Å². The number of benzene rings is 2. The van der Waals surface area contributed by atoms with Gasteiger partial charge in [-0.3, -0.25) is 0 Å². The summed E-state index contributed by atoms with van der Waals surface area (Å²) < 4.78 is 41.1. The van der Waals surface area contributed by atoms with Crippen LogP contribution in [0.4, 0.5) is 13.2 Å². The Bertz CT molecular complexity index is 1120. The Kier molecular flexibility index (Phi) is 3.28. The summed E-state index contributed by atoms with van der Waals surface area (Å²) in [4.78, 5) is 7.80. The Morgan fingerprint density at radius 2 is 1.64 bits per heavy atom. The molecule has 4 rings (SSSR count). The smallest absolute Gasteiger partial charge is 0.339 e. The van der Waals surface area contributed by atoms with Crippen molar-refractivity contribution in [3.63, 3.8) is 0 Å². The zero-order valence-corrected chi connectivity index (χ0v) is 15.1. The maximum Gasteiger partial charge on any atom is 0.417 e. The first-order valence-electron chi connectivity index (χ1n) is 8.09. The lowest BCUT2D eigenvalue weighted by Gasteiger charge is -2.23. The van der Waals surface area contributed by atoms with Gasteiger partial charge in [-0.05, 0) is 23.4 Å². The van der Waals surface area contributed by atoms with E-state index >= 15 is 0 Å². The fourth-order valence-corrected chi connectivity index (χ4v) is 5.61. The molecule has 0 bridgehead atoms. The van der Waals surface area contributed by atoms with Crippen LogP contribution in [-0.4, -0.2) is 18.0 Å². The third-order valence-electron chi connectivity index (χ3n) is 4.52. The summed E-state index contributed by atoms with van der Waals surface area (Å²) in [5.74, 6) is 0. The zero-order valence-electron chi connectivity index (χ0n) is 14.1. The number of halogens is 3. The molecule has 0 spiro atoms. The quantitative estimate of drug-likeness (QED) is 0.451. The molecular formula is C19H17F3N2Si. The maximum absolute atomic E-state index is 13.7. The molecule has 2 nitrogen and oxygen atoms in total. The highest BCUT2D eigenvalue weighted by Gasteiger charge is 2.36. The number of fused-ring (bicyclic) bond motifs is 4. The number of H-pyrrole nitrogens is 1. The Morgan fingerprint density at radius 3 is 2.32 bits per heavy atom. The van der Waals surface area contributed by atoms with Crippen molar-refractivity contribution in [1.29, 1.82) is 0 Å². The van der Waals surface area contributed by atoms with E-state index < -0.39 is 19.8 Å². The number of nitrogens with zero attached hydrogens (tertiary/aromatic N) is 1. The van der Waals surface area contributed by atoms with Crippen molar-refractivity contribution in [2.45, 2.75) is 25.8 Å². The number of nitrogens with one attached hydrogen (secondary N) is 1. The van der Waals surface area contributed by atoms with Crippen LogP contribution < -0.4 is 5.19 Å². The number of hydrogen-bond acceptors (Lipinski definition) is 1. The number of hydrogen-bond donors (Lipinski definition) is 1. The molecule has 128 valence electrons. The van der Waals surface area contributed by atoms with E-state index in [2.05, 4.69) is 29.6 Å². The van der Waals surface area contributed by atoms with E-state index in [0.29, 0.717) is 11.2 Å². The Hall–Kier alpha value is -2.34. The van der Waals surface area contributed by atoms with E-state index in [1.165, 1.54) is 6.07 Å². The summed E-state index contributed by atoms with van der Waals surface area (Å²) in [5.41, 5.74) is 1.35. The number of para-hydroxylation sites is 1. The minimum absolute atomic E-state index is 0.256. The first kappa shape index (κ1) is 16.1. The van der Waals surface area contributed by atoms with E-state index in [1.54, 1.807) is 6.07 Å². The van der Waals surface area contributed by atoms with Gasteiger partial charge in [0, 0.05) is 21.7 Å². The van der Waals surface area contributed by atoms with Gasteiger partial charge in [-0.1, -0.05) is 43.9 Å². The third kappa shape index (κ3) is 2.43. The van der Waals surface area contributed by atoms with E-state index in [0.717, 1.165) is 27.5 Å². The highest BCUT2D eigenvalue weighted by atomic mass is 28.3. The second kappa shape index (κ2) is 5.08. The van der Waals surface area contributed by atoms with Gasteiger partial charge in [0.1, 0.15) is 5.65 Å². The van der Waals surface area contributed by atoms with Gasteiger partial charge >= 0.3 is 6.18 Å². The molecule has 0 aliphatic rings. The van der Waals surface area contributed by atoms with Crippen molar-refractivity contribution in [3.05, 3.63) is 48.0 Å². The Labute approximate surface area is 143 Å². The van der Waals surface area contributed by atoms with E-state index in [1.807, 2.05) is 24.3 Å². The van der Waals surface area contributed by atoms with Crippen LogP contribution in [0.15, 0.2) is 42.5 Å². The summed E-state index contributed by atoms with van der Waals surface area (Å²) in [6.07, 6.45) is -4.41. The highest BCUT2D eigenvalue weighted by Crippen LogP contribution is 2.37. The molecule has 0 aliphatic heterocycles. The number of aromatic amines is 1. The van der Waals surface area contributed by atoms with Crippen molar-refractivity contribution < 1.29 is 13.2 Å². The second-order valence-corrected chi connectivity index (χ2v) is 12.3. The lowest BCUT2D eigenvalue weighted by Crippen LogP contribution is -2.39. The zero-order chi connectivity index (χ0) is 18.0. The first-order valence-corrected chi connectivity index (χ1v) is 11.6. The van der Waals surface area contributed by atoms with Crippen LogP contribution in [0.3, 0.4) is 0 Å². The predicted octanol–water partition coefficient (Wildman–Crippen LogP) is 5.43. The molecule has 0 fully saturated rings. The van der Waals surface area contributed by atoms with Gasteiger partial charge in [0.2, 0.25) is 0 Å². The minimum Gasteiger partial charge on any atom is -0.339 e. The van der Waals surface area contributed by atoms with E-state index in [4.69, 9.17) is 0 Å². The van der Waals surface area contributed by atoms with Crippen molar-refractivity contribution in [1.82, 2.24) is 9.97 Å². The van der Waals surface area contributed by atoms with Gasteiger partial charge in [0.05, 0.1) is 19.2 Å². The summed E-state index contributed by atoms with van der Waals surface area (Å²) >= 11 is 0. The molecule has 6 heteroatoms. The van der Waals surface area contributed by atoms with Crippen molar-refractivity contribution >= 4 is 46.1 Å². The van der Waals surface area contributed by atoms with Crippen LogP contribution in [0, 0.1) is 0 Å². The molecule has 2 heterocycles. The van der Waals surface area contributed by atoms with Crippen molar-refractivity contribution in [2.24, 2.45) is 0 Å². The second-order valence-electron chi connectivity index (χ2n) is 7.33. The van der Waals surface area contributed by atoms with E-state index in [-0.39, 0.29) is 5.39 Å². The standard InChI is InChI=1S/C19H17F3N2Si/c1-25(2,3)17-15-11-7-4-5-9-13(11)23-18(15)24-14-10-6-8-12(16(14)17)19(20,21)22/h4-10H,1-3H3,(H,23,24). The van der Waals surface area contributed by atoms with Crippen LogP contribution in [0.2, 0.25) is 19.6 Å². The number of aromatic nitrogens is 2. The van der Waals surface area contributed by atoms with Crippen LogP contribution in [0.1, 0.15) is 5.56 Å². The molecule has 0 unspecified atom stereocenters. The highest BCUT2D eigenvalue weighted by molar-refractivity contribution is 6.92. The lowest BCUT2D eigenvalue weighted by molar-refractivity contribution is -0.136. The molecule has 0 saturated carbocycles. The number of alkyl halides is 3. The lowest BCUT2D eigenvalue weighted by atomic mass is 10.1. The minimum atomic E-state index is -4.41. The number of pyridine rings is 1. The van der Waals surface area contributed by atoms with Gasteiger partial charge in [0.15, 0.2) is 0 Å². The first-order chi connectivity index (χ1) is 11.7. The molecule has 0 saturated heterocycles. The van der Waals surface area contributed by atoms with Crippen molar-refractivity contribution in [3.8, 4) is 0 Å². The molecule has 1 N–H and O–H groups in total. The number of rotatable bonds is 1. The van der Waals surface area contributed by atoms with Gasteiger partial charge in [-0.2, -0.15) is 13.2 Å². The van der Waals surface area contributed by atoms with Gasteiger partial charge in [0.25, 0.3) is 0 Å². The molecule has 2 aromatic carbocycles. The van der Waals surface area contributed by atoms with Crippen LogP contribution in [-0.2, 0) is 6.18 Å². The molecule has 4 aromatic rings. The van der Waals surface area contributed by atoms with Crippen LogP contribution in [0.25, 0.3) is 32.8 Å². The monoisotopic (exact) mass is 358 g/mol. The molecule has 0 aliphatic carbocycles. The average molecular weight is 358 g/mol. The van der Waals surface area contributed by atoms with Crippen LogP contribution >= 0.6 is 0 Å². The molecule has 0 atom stereocenters. The van der Waals surface area contributed by atoms with Gasteiger partial charge < -0.3 is 4.98 Å². The molecular weight excluding hydrogens is 341 g/mol. The summed E-state index contributed by atoms with van der Waals surface area (Å²) in [5, 5.41) is 2.84. The Balaban J connectivity index is 2.34. The van der Waals surface area contributed by atoms with E-state index in [9.17, 15) is 13.2 Å². The molecule has 2 aromatic heterocycles. The third-order valence-corrected chi connectivity index (χ3v) is 6.52. The molecule has 25 heavy (non-hydrogen) atoms. The normalized spacial score (nSPS) is 13.2. The predicted molar refractivity (Wildman–Crippen MR) is 99.1 cm³/mol. The summed E-state index contributed by atoms with van der Waals surface area (Å²) in [6.45, 7) is 6.24. The fraction of sp³-hybridized carbons (Fsp3) is 0.211. The van der Waals surface area contributed by atoms with Gasteiger partial charge in [-0.25, -0.2) is 4.98 Å². The Morgan fingerprint density at radius 1 is 0.920 bits per heavy atom. The SMILES string of the molecule is C[Si](C)(C)c1c2c(C(F)(F)F)cccc2nc2[nH]c3ccccc3c12. The average Bonchev–Trinajstić information content (AvgIpc) is 2.87.